The van der Waals surface area contributed by atoms with Crippen LogP contribution < -0.4 is 15.5 Å². The molecule has 180 valence electrons. The first kappa shape index (κ1) is 24.3. The Balaban J connectivity index is 1.32. The third-order valence-corrected chi connectivity index (χ3v) is 6.67. The number of nitrogens with zero attached hydrogens (tertiary/aromatic N) is 2. The predicted molar refractivity (Wildman–Crippen MR) is 139 cm³/mol. The molecule has 0 aliphatic heterocycles. The van der Waals surface area contributed by atoms with E-state index in [9.17, 15) is 14.4 Å². The summed E-state index contributed by atoms with van der Waals surface area (Å²) >= 11 is 1.33. The van der Waals surface area contributed by atoms with Crippen molar-refractivity contribution in [2.24, 2.45) is 5.92 Å². The van der Waals surface area contributed by atoms with Crippen LogP contribution in [0.4, 0.5) is 16.5 Å². The first-order valence-corrected chi connectivity index (χ1v) is 12.5. The van der Waals surface area contributed by atoms with Crippen LogP contribution in [0.25, 0.3) is 6.08 Å². The zero-order valence-corrected chi connectivity index (χ0v) is 20.4. The third kappa shape index (κ3) is 6.64. The number of nitrogens with one attached hydrogen (secondary N) is 2. The Morgan fingerprint density at radius 3 is 2.60 bits per heavy atom. The van der Waals surface area contributed by atoms with Crippen LogP contribution in [0, 0.1) is 5.92 Å². The first-order valence-electron chi connectivity index (χ1n) is 11.7. The van der Waals surface area contributed by atoms with Crippen molar-refractivity contribution in [1.82, 2.24) is 10.3 Å². The minimum absolute atomic E-state index is 0.0739. The summed E-state index contributed by atoms with van der Waals surface area (Å²) in [5, 5.41) is 8.18. The molecule has 1 aromatic heterocycles. The number of anilines is 3. The molecule has 7 nitrogen and oxygen atoms in total. The van der Waals surface area contributed by atoms with Gasteiger partial charge in [0.15, 0.2) is 5.13 Å². The lowest BCUT2D eigenvalue weighted by atomic mass is 10.1. The minimum atomic E-state index is -0.258. The average molecular weight is 489 g/mol. The predicted octanol–water partition coefficient (Wildman–Crippen LogP) is 5.29. The molecule has 35 heavy (non-hydrogen) atoms. The number of rotatable bonds is 8. The fourth-order valence-electron chi connectivity index (χ4n) is 4.06. The Hall–Kier alpha value is -3.78. The molecule has 4 rings (SSSR count). The van der Waals surface area contributed by atoms with E-state index in [0.717, 1.165) is 42.6 Å². The van der Waals surface area contributed by atoms with E-state index < -0.39 is 0 Å². The van der Waals surface area contributed by atoms with Crippen LogP contribution in [0.1, 0.15) is 43.9 Å². The lowest BCUT2D eigenvalue weighted by Crippen LogP contribution is -2.22. The van der Waals surface area contributed by atoms with Gasteiger partial charge in [0.1, 0.15) is 0 Å². The number of hydrogen-bond donors (Lipinski definition) is 2. The second-order valence-electron chi connectivity index (χ2n) is 8.47. The lowest BCUT2D eigenvalue weighted by Gasteiger charge is -2.17. The molecule has 3 aromatic rings. The van der Waals surface area contributed by atoms with Crippen LogP contribution >= 0.6 is 11.3 Å². The number of hydrogen-bond acceptors (Lipinski definition) is 5. The number of amides is 3. The van der Waals surface area contributed by atoms with Gasteiger partial charge in [-0.2, -0.15) is 0 Å². The highest BCUT2D eigenvalue weighted by Gasteiger charge is 2.22. The van der Waals surface area contributed by atoms with Gasteiger partial charge in [0.05, 0.1) is 11.4 Å². The fraction of sp³-hybridized carbons (Fsp3) is 0.259. The molecule has 0 radical (unpaired) electrons. The summed E-state index contributed by atoms with van der Waals surface area (Å²) in [6.45, 7) is 1.83. The highest BCUT2D eigenvalue weighted by molar-refractivity contribution is 7.14. The monoisotopic (exact) mass is 488 g/mol. The van der Waals surface area contributed by atoms with Gasteiger partial charge in [0.25, 0.3) is 0 Å². The van der Waals surface area contributed by atoms with Gasteiger partial charge in [-0.05, 0) is 48.7 Å². The summed E-state index contributed by atoms with van der Waals surface area (Å²) in [5.41, 5.74) is 2.97. The van der Waals surface area contributed by atoms with Crippen molar-refractivity contribution in [3.63, 3.8) is 0 Å². The van der Waals surface area contributed by atoms with E-state index in [4.69, 9.17) is 0 Å². The highest BCUT2D eigenvalue weighted by Crippen LogP contribution is 2.29. The molecule has 1 fully saturated rings. The fourth-order valence-corrected chi connectivity index (χ4v) is 4.91. The van der Waals surface area contributed by atoms with E-state index in [2.05, 4.69) is 15.6 Å². The Kier molecular flexibility index (Phi) is 8.05. The Morgan fingerprint density at radius 1 is 1.09 bits per heavy atom. The Bertz CT molecular complexity index is 1220. The molecule has 1 heterocycles. The van der Waals surface area contributed by atoms with Gasteiger partial charge in [0, 0.05) is 36.5 Å². The van der Waals surface area contributed by atoms with Crippen molar-refractivity contribution >= 4 is 51.6 Å². The zero-order chi connectivity index (χ0) is 24.6. The number of carbonyl (C=O) groups is 3. The standard InChI is InChI=1S/C27H28N4O3S/c1-19(32)31(24-12-3-2-4-13-24)27-30-23(18-35-27)14-15-25(33)28-17-20-8-7-11-22(16-20)29-26(34)21-9-5-6-10-21/h2-4,7-8,11-16,18,21H,5-6,9-10,17H2,1H3,(H,28,33)(H,29,34)/b15-14+. The molecule has 0 bridgehead atoms. The summed E-state index contributed by atoms with van der Waals surface area (Å²) in [5.74, 6) is -0.221. The van der Waals surface area contributed by atoms with E-state index >= 15 is 0 Å². The Labute approximate surface area is 208 Å². The maximum Gasteiger partial charge on any atom is 0.244 e. The smallest absolute Gasteiger partial charge is 0.244 e. The van der Waals surface area contributed by atoms with Crippen molar-refractivity contribution < 1.29 is 14.4 Å². The van der Waals surface area contributed by atoms with E-state index in [1.54, 1.807) is 16.4 Å². The number of benzene rings is 2. The molecule has 2 aromatic carbocycles. The lowest BCUT2D eigenvalue weighted by molar-refractivity contribution is -0.120. The largest absolute Gasteiger partial charge is 0.348 e. The van der Waals surface area contributed by atoms with E-state index in [0.29, 0.717) is 17.4 Å². The van der Waals surface area contributed by atoms with Gasteiger partial charge in [-0.3, -0.25) is 19.3 Å². The van der Waals surface area contributed by atoms with Crippen LogP contribution in [0.15, 0.2) is 66.1 Å². The summed E-state index contributed by atoms with van der Waals surface area (Å²) in [6.07, 6.45) is 7.17. The van der Waals surface area contributed by atoms with Crippen LogP contribution in [0.2, 0.25) is 0 Å². The van der Waals surface area contributed by atoms with Gasteiger partial charge in [-0.15, -0.1) is 11.3 Å². The molecule has 8 heteroatoms. The summed E-state index contributed by atoms with van der Waals surface area (Å²) in [6, 6.07) is 16.8. The van der Waals surface area contributed by atoms with E-state index in [-0.39, 0.29) is 23.6 Å². The number of para-hydroxylation sites is 1. The molecule has 3 amide bonds. The molecule has 1 aliphatic carbocycles. The van der Waals surface area contributed by atoms with Crippen LogP contribution in [0.3, 0.4) is 0 Å². The topological polar surface area (TPSA) is 91.4 Å². The number of carbonyl (C=O) groups excluding carboxylic acids is 3. The van der Waals surface area contributed by atoms with Crippen molar-refractivity contribution in [2.45, 2.75) is 39.2 Å². The van der Waals surface area contributed by atoms with Gasteiger partial charge < -0.3 is 10.6 Å². The third-order valence-electron chi connectivity index (χ3n) is 5.82. The van der Waals surface area contributed by atoms with Gasteiger partial charge in [-0.1, -0.05) is 43.2 Å². The SMILES string of the molecule is CC(=O)N(c1ccccc1)c1nc(/C=C/C(=O)NCc2cccc(NC(=O)C3CCCC3)c2)cs1. The zero-order valence-electron chi connectivity index (χ0n) is 19.6. The van der Waals surface area contributed by atoms with Crippen molar-refractivity contribution in [3.05, 3.63) is 77.3 Å². The molecule has 0 saturated heterocycles. The molecule has 1 saturated carbocycles. The quantitative estimate of drug-likeness (QED) is 0.422. The summed E-state index contributed by atoms with van der Waals surface area (Å²) in [7, 11) is 0. The maximum atomic E-state index is 12.4. The van der Waals surface area contributed by atoms with E-state index in [1.807, 2.05) is 54.6 Å². The summed E-state index contributed by atoms with van der Waals surface area (Å²) < 4.78 is 0. The number of thiazole rings is 1. The molecule has 0 atom stereocenters. The first-order chi connectivity index (χ1) is 17.0. The normalized spacial score (nSPS) is 13.6. The van der Waals surface area contributed by atoms with Crippen LogP contribution in [-0.4, -0.2) is 22.7 Å². The molecule has 1 aliphatic rings. The van der Waals surface area contributed by atoms with Crippen molar-refractivity contribution in [2.75, 3.05) is 10.2 Å². The molecule has 2 N–H and O–H groups in total. The highest BCUT2D eigenvalue weighted by atomic mass is 32.1. The van der Waals surface area contributed by atoms with Crippen molar-refractivity contribution in [1.29, 1.82) is 0 Å². The molecular weight excluding hydrogens is 460 g/mol. The molecule has 0 unspecified atom stereocenters. The van der Waals surface area contributed by atoms with Crippen LogP contribution in [0.5, 0.6) is 0 Å². The van der Waals surface area contributed by atoms with Crippen molar-refractivity contribution in [3.8, 4) is 0 Å². The molecule has 0 spiro atoms. The van der Waals surface area contributed by atoms with E-state index in [1.165, 1.54) is 24.3 Å². The van der Waals surface area contributed by atoms with Gasteiger partial charge in [0.2, 0.25) is 17.7 Å². The second-order valence-corrected chi connectivity index (χ2v) is 9.30. The summed E-state index contributed by atoms with van der Waals surface area (Å²) in [4.78, 5) is 42.9. The van der Waals surface area contributed by atoms with Crippen LogP contribution in [-0.2, 0) is 20.9 Å². The minimum Gasteiger partial charge on any atom is -0.348 e. The maximum absolute atomic E-state index is 12.4. The van der Waals surface area contributed by atoms with Gasteiger partial charge in [-0.25, -0.2) is 4.98 Å². The molecular formula is C27H28N4O3S. The van der Waals surface area contributed by atoms with Gasteiger partial charge >= 0.3 is 0 Å². The Morgan fingerprint density at radius 2 is 1.86 bits per heavy atom. The second kappa shape index (κ2) is 11.6. The number of aromatic nitrogens is 1. The average Bonchev–Trinajstić information content (AvgIpc) is 3.55.